The molecule has 20 heavy (non-hydrogen) atoms. The lowest BCUT2D eigenvalue weighted by Gasteiger charge is -2.21. The molecule has 1 rings (SSSR count). The predicted octanol–water partition coefficient (Wildman–Crippen LogP) is 1.81. The third kappa shape index (κ3) is 5.57. The largest absolute Gasteiger partial charge is 0.370 e. The molecule has 112 valence electrons. The normalized spacial score (nSPS) is 10.7. The lowest BCUT2D eigenvalue weighted by atomic mass is 10.3. The number of aromatic nitrogens is 1. The zero-order valence-electron chi connectivity index (χ0n) is 13.0. The van der Waals surface area contributed by atoms with Crippen LogP contribution in [0.4, 0.5) is 5.82 Å². The number of carbonyl (C=O) groups is 1. The Labute approximate surface area is 122 Å². The molecule has 1 heterocycles. The summed E-state index contributed by atoms with van der Waals surface area (Å²) in [5.41, 5.74) is 0.986. The van der Waals surface area contributed by atoms with Gasteiger partial charge < -0.3 is 10.2 Å². The van der Waals surface area contributed by atoms with Gasteiger partial charge in [-0.3, -0.25) is 9.69 Å². The summed E-state index contributed by atoms with van der Waals surface area (Å²) in [4.78, 5) is 20.0. The van der Waals surface area contributed by atoms with Crippen LogP contribution >= 0.6 is 0 Å². The van der Waals surface area contributed by atoms with E-state index in [1.165, 1.54) is 0 Å². The summed E-state index contributed by atoms with van der Waals surface area (Å²) in [7, 11) is 3.56. The quantitative estimate of drug-likeness (QED) is 0.788. The van der Waals surface area contributed by atoms with Gasteiger partial charge in [0.05, 0.1) is 12.2 Å². The molecule has 0 unspecified atom stereocenters. The SMILES string of the molecule is CCCNc1cccc(CN(CC)CC(=O)N(C)C)n1. The van der Waals surface area contributed by atoms with Gasteiger partial charge >= 0.3 is 0 Å². The maximum atomic E-state index is 11.8. The number of nitrogens with zero attached hydrogens (tertiary/aromatic N) is 3. The number of likely N-dealkylation sites (N-methyl/N-ethyl adjacent to an activating group) is 2. The second kappa shape index (κ2) is 8.53. The summed E-state index contributed by atoms with van der Waals surface area (Å²) in [6.45, 7) is 7.06. The second-order valence-electron chi connectivity index (χ2n) is 5.03. The van der Waals surface area contributed by atoms with Crippen LogP contribution in [0.25, 0.3) is 0 Å². The first-order valence-electron chi connectivity index (χ1n) is 7.19. The molecule has 5 heteroatoms. The summed E-state index contributed by atoms with van der Waals surface area (Å²) in [6.07, 6.45) is 1.07. The standard InChI is InChI=1S/C15H26N4O/c1-5-10-16-14-9-7-8-13(17-14)11-19(6-2)12-15(20)18(3)4/h7-9H,5-6,10-12H2,1-4H3,(H,16,17). The number of nitrogens with one attached hydrogen (secondary N) is 1. The molecule has 0 fully saturated rings. The van der Waals surface area contributed by atoms with Crippen LogP contribution in [-0.2, 0) is 11.3 Å². The maximum Gasteiger partial charge on any atom is 0.236 e. The van der Waals surface area contributed by atoms with Crippen LogP contribution in [-0.4, -0.2) is 54.4 Å². The average Bonchev–Trinajstić information content (AvgIpc) is 2.44. The molecule has 0 saturated heterocycles. The minimum absolute atomic E-state index is 0.118. The van der Waals surface area contributed by atoms with Crippen molar-refractivity contribution in [3.8, 4) is 0 Å². The van der Waals surface area contributed by atoms with E-state index >= 15 is 0 Å². The van der Waals surface area contributed by atoms with E-state index in [1.54, 1.807) is 19.0 Å². The monoisotopic (exact) mass is 278 g/mol. The molecule has 1 amide bonds. The lowest BCUT2D eigenvalue weighted by molar-refractivity contribution is -0.130. The topological polar surface area (TPSA) is 48.5 Å². The van der Waals surface area contributed by atoms with Crippen molar-refractivity contribution in [3.63, 3.8) is 0 Å². The van der Waals surface area contributed by atoms with Gasteiger partial charge in [0.15, 0.2) is 0 Å². The highest BCUT2D eigenvalue weighted by Crippen LogP contribution is 2.08. The van der Waals surface area contributed by atoms with Crippen molar-refractivity contribution in [1.82, 2.24) is 14.8 Å². The molecule has 0 saturated carbocycles. The molecule has 0 aliphatic rings. The van der Waals surface area contributed by atoms with E-state index in [-0.39, 0.29) is 5.91 Å². The number of amides is 1. The van der Waals surface area contributed by atoms with E-state index in [9.17, 15) is 4.79 Å². The molecular weight excluding hydrogens is 252 g/mol. The first-order chi connectivity index (χ1) is 9.56. The van der Waals surface area contributed by atoms with Crippen molar-refractivity contribution in [3.05, 3.63) is 23.9 Å². The van der Waals surface area contributed by atoms with Gasteiger partial charge in [0, 0.05) is 27.2 Å². The summed E-state index contributed by atoms with van der Waals surface area (Å²) in [5, 5.41) is 3.28. The molecule has 0 bridgehead atoms. The van der Waals surface area contributed by atoms with Crippen LogP contribution in [0, 0.1) is 0 Å². The Bertz CT molecular complexity index is 420. The molecule has 0 spiro atoms. The minimum atomic E-state index is 0.118. The first-order valence-corrected chi connectivity index (χ1v) is 7.19. The Kier molecular flexibility index (Phi) is 7.01. The molecule has 0 aliphatic carbocycles. The highest BCUT2D eigenvalue weighted by atomic mass is 16.2. The Hall–Kier alpha value is -1.62. The molecule has 1 N–H and O–H groups in total. The molecule has 1 aromatic heterocycles. The van der Waals surface area contributed by atoms with E-state index in [4.69, 9.17) is 0 Å². The zero-order chi connectivity index (χ0) is 15.0. The van der Waals surface area contributed by atoms with Crippen LogP contribution in [0.1, 0.15) is 26.0 Å². The Balaban J connectivity index is 2.62. The van der Waals surface area contributed by atoms with Crippen LogP contribution in [0.2, 0.25) is 0 Å². The summed E-state index contributed by atoms with van der Waals surface area (Å²) < 4.78 is 0. The molecule has 0 atom stereocenters. The van der Waals surface area contributed by atoms with E-state index in [2.05, 4.69) is 29.0 Å². The van der Waals surface area contributed by atoms with Crippen molar-refractivity contribution >= 4 is 11.7 Å². The summed E-state index contributed by atoms with van der Waals surface area (Å²) in [5.74, 6) is 1.02. The molecule has 0 radical (unpaired) electrons. The smallest absolute Gasteiger partial charge is 0.236 e. The minimum Gasteiger partial charge on any atom is -0.370 e. The fraction of sp³-hybridized carbons (Fsp3) is 0.600. The van der Waals surface area contributed by atoms with Crippen molar-refractivity contribution < 1.29 is 4.79 Å². The average molecular weight is 278 g/mol. The number of carbonyl (C=O) groups excluding carboxylic acids is 1. The van der Waals surface area contributed by atoms with Crippen LogP contribution in [0.3, 0.4) is 0 Å². The molecule has 1 aromatic rings. The van der Waals surface area contributed by atoms with Gasteiger partial charge in [0.25, 0.3) is 0 Å². The lowest BCUT2D eigenvalue weighted by Crippen LogP contribution is -2.36. The van der Waals surface area contributed by atoms with Crippen LogP contribution in [0.5, 0.6) is 0 Å². The molecular formula is C15H26N4O. The maximum absolute atomic E-state index is 11.8. The third-order valence-electron chi connectivity index (χ3n) is 3.05. The Morgan fingerprint density at radius 1 is 1.30 bits per heavy atom. The number of pyridine rings is 1. The van der Waals surface area contributed by atoms with E-state index < -0.39 is 0 Å². The summed E-state index contributed by atoms with van der Waals surface area (Å²) in [6, 6.07) is 5.97. The van der Waals surface area contributed by atoms with Gasteiger partial charge in [0.1, 0.15) is 5.82 Å². The highest BCUT2D eigenvalue weighted by Gasteiger charge is 2.11. The van der Waals surface area contributed by atoms with Gasteiger partial charge in [-0.25, -0.2) is 4.98 Å². The van der Waals surface area contributed by atoms with Gasteiger partial charge in [-0.1, -0.05) is 19.9 Å². The van der Waals surface area contributed by atoms with Crippen molar-refractivity contribution in [2.45, 2.75) is 26.8 Å². The molecule has 5 nitrogen and oxygen atoms in total. The van der Waals surface area contributed by atoms with E-state index in [0.717, 1.165) is 31.0 Å². The van der Waals surface area contributed by atoms with Crippen molar-refractivity contribution in [2.75, 3.05) is 39.0 Å². The predicted molar refractivity (Wildman–Crippen MR) is 82.7 cm³/mol. The van der Waals surface area contributed by atoms with E-state index in [0.29, 0.717) is 13.1 Å². The van der Waals surface area contributed by atoms with Gasteiger partial charge in [0.2, 0.25) is 5.91 Å². The fourth-order valence-electron chi connectivity index (χ4n) is 1.76. The Morgan fingerprint density at radius 3 is 2.65 bits per heavy atom. The fourth-order valence-corrected chi connectivity index (χ4v) is 1.76. The van der Waals surface area contributed by atoms with Crippen LogP contribution in [0.15, 0.2) is 18.2 Å². The van der Waals surface area contributed by atoms with Gasteiger partial charge in [-0.2, -0.15) is 0 Å². The zero-order valence-corrected chi connectivity index (χ0v) is 13.0. The molecule has 0 aliphatic heterocycles. The van der Waals surface area contributed by atoms with E-state index in [1.807, 2.05) is 18.2 Å². The summed E-state index contributed by atoms with van der Waals surface area (Å²) >= 11 is 0. The van der Waals surface area contributed by atoms with Gasteiger partial charge in [-0.05, 0) is 25.1 Å². The van der Waals surface area contributed by atoms with Crippen molar-refractivity contribution in [2.24, 2.45) is 0 Å². The van der Waals surface area contributed by atoms with Crippen LogP contribution < -0.4 is 5.32 Å². The van der Waals surface area contributed by atoms with Crippen molar-refractivity contribution in [1.29, 1.82) is 0 Å². The second-order valence-corrected chi connectivity index (χ2v) is 5.03. The number of hydrogen-bond donors (Lipinski definition) is 1. The number of hydrogen-bond acceptors (Lipinski definition) is 4. The highest BCUT2D eigenvalue weighted by molar-refractivity contribution is 5.77. The van der Waals surface area contributed by atoms with Gasteiger partial charge in [-0.15, -0.1) is 0 Å². The Morgan fingerprint density at radius 2 is 2.05 bits per heavy atom. The number of anilines is 1. The first kappa shape index (κ1) is 16.4. The number of rotatable bonds is 8. The third-order valence-corrected chi connectivity index (χ3v) is 3.05. The molecule has 0 aromatic carbocycles.